The van der Waals surface area contributed by atoms with Gasteiger partial charge in [0, 0.05) is 17.3 Å². The van der Waals surface area contributed by atoms with E-state index in [0.717, 1.165) is 6.07 Å². The number of benzene rings is 1. The number of carboxylic acids is 1. The minimum absolute atomic E-state index is 0.0714. The van der Waals surface area contributed by atoms with E-state index in [-0.39, 0.29) is 17.9 Å². The van der Waals surface area contributed by atoms with E-state index in [0.29, 0.717) is 0 Å². The number of anilines is 1. The quantitative estimate of drug-likeness (QED) is 0.773. The number of ether oxygens (including phenoxy) is 1. The van der Waals surface area contributed by atoms with Crippen molar-refractivity contribution in [2.75, 3.05) is 12.4 Å². The van der Waals surface area contributed by atoms with E-state index in [1.807, 2.05) is 0 Å². The van der Waals surface area contributed by atoms with Gasteiger partial charge in [0.25, 0.3) is 0 Å². The molecule has 1 aromatic carbocycles. The molecule has 0 atom stereocenters. The van der Waals surface area contributed by atoms with Crippen LogP contribution in [0.3, 0.4) is 0 Å². The van der Waals surface area contributed by atoms with E-state index < -0.39 is 23.4 Å². The Morgan fingerprint density at radius 1 is 1.40 bits per heavy atom. The first-order valence-electron chi connectivity index (χ1n) is 5.88. The molecule has 0 bridgehead atoms. The number of amides is 2. The van der Waals surface area contributed by atoms with Crippen LogP contribution in [0.1, 0.15) is 20.3 Å². The van der Waals surface area contributed by atoms with Crippen LogP contribution in [0.2, 0.25) is 0 Å². The molecule has 0 aliphatic heterocycles. The van der Waals surface area contributed by atoms with Crippen molar-refractivity contribution in [3.05, 3.63) is 24.0 Å². The number of rotatable bonds is 5. The normalized spacial score (nSPS) is 10.8. The number of urea groups is 1. The molecule has 0 spiro atoms. The number of carbonyl (C=O) groups is 2. The monoisotopic (exact) mass is 284 g/mol. The van der Waals surface area contributed by atoms with Crippen LogP contribution >= 0.6 is 0 Å². The number of methoxy groups -OCH3 is 1. The van der Waals surface area contributed by atoms with E-state index >= 15 is 0 Å². The number of nitrogens with one attached hydrogen (secondary N) is 2. The molecule has 0 aromatic heterocycles. The molecule has 0 aliphatic rings. The zero-order chi connectivity index (χ0) is 15.3. The van der Waals surface area contributed by atoms with Gasteiger partial charge in [0.2, 0.25) is 0 Å². The highest BCUT2D eigenvalue weighted by Gasteiger charge is 2.23. The zero-order valence-corrected chi connectivity index (χ0v) is 11.5. The summed E-state index contributed by atoms with van der Waals surface area (Å²) < 4.78 is 18.2. The summed E-state index contributed by atoms with van der Waals surface area (Å²) in [6.07, 6.45) is -0.225. The Morgan fingerprint density at radius 3 is 2.55 bits per heavy atom. The van der Waals surface area contributed by atoms with Gasteiger partial charge in [0.05, 0.1) is 13.5 Å². The molecule has 0 aliphatic carbocycles. The number of hydrogen-bond acceptors (Lipinski definition) is 3. The van der Waals surface area contributed by atoms with Crippen molar-refractivity contribution in [1.82, 2.24) is 5.32 Å². The number of hydrogen-bond donors (Lipinski definition) is 3. The van der Waals surface area contributed by atoms with Crippen molar-refractivity contribution >= 4 is 17.7 Å². The Hall–Kier alpha value is -2.31. The Labute approximate surface area is 115 Å². The molecule has 1 aromatic rings. The van der Waals surface area contributed by atoms with E-state index in [1.54, 1.807) is 13.8 Å². The van der Waals surface area contributed by atoms with Crippen molar-refractivity contribution in [1.29, 1.82) is 0 Å². The van der Waals surface area contributed by atoms with Crippen LogP contribution < -0.4 is 15.4 Å². The van der Waals surface area contributed by atoms with Gasteiger partial charge >= 0.3 is 12.0 Å². The second-order valence-electron chi connectivity index (χ2n) is 4.88. The van der Waals surface area contributed by atoms with Crippen molar-refractivity contribution in [2.24, 2.45) is 0 Å². The van der Waals surface area contributed by atoms with E-state index in [1.165, 1.54) is 19.2 Å². The molecule has 1 rings (SSSR count). The van der Waals surface area contributed by atoms with Crippen LogP contribution in [0.4, 0.5) is 14.9 Å². The highest BCUT2D eigenvalue weighted by molar-refractivity contribution is 5.90. The van der Waals surface area contributed by atoms with Crippen LogP contribution in [0.5, 0.6) is 5.75 Å². The van der Waals surface area contributed by atoms with E-state index in [4.69, 9.17) is 9.84 Å². The van der Waals surface area contributed by atoms with Gasteiger partial charge in [-0.3, -0.25) is 4.79 Å². The lowest BCUT2D eigenvalue weighted by atomic mass is 10.0. The van der Waals surface area contributed by atoms with Crippen LogP contribution in [0, 0.1) is 5.82 Å². The molecule has 0 radical (unpaired) electrons. The smallest absolute Gasteiger partial charge is 0.319 e. The zero-order valence-electron chi connectivity index (χ0n) is 11.5. The van der Waals surface area contributed by atoms with Gasteiger partial charge in [-0.05, 0) is 26.0 Å². The van der Waals surface area contributed by atoms with Crippen molar-refractivity contribution < 1.29 is 23.8 Å². The van der Waals surface area contributed by atoms with Crippen molar-refractivity contribution in [2.45, 2.75) is 25.8 Å². The van der Waals surface area contributed by atoms with Crippen molar-refractivity contribution in [3.63, 3.8) is 0 Å². The second kappa shape index (κ2) is 6.23. The molecule has 3 N–H and O–H groups in total. The SMILES string of the molecule is COc1ccc(NC(=O)NC(C)(C)CC(=O)O)cc1F. The Kier molecular flexibility index (Phi) is 4.90. The lowest BCUT2D eigenvalue weighted by molar-refractivity contribution is -0.138. The van der Waals surface area contributed by atoms with Crippen LogP contribution in [0.15, 0.2) is 18.2 Å². The number of aliphatic carboxylic acids is 1. The van der Waals surface area contributed by atoms with Crippen LogP contribution in [0.25, 0.3) is 0 Å². The maximum atomic E-state index is 13.4. The van der Waals surface area contributed by atoms with Gasteiger partial charge in [-0.25, -0.2) is 9.18 Å². The molecular formula is C13H17FN2O4. The first-order valence-corrected chi connectivity index (χ1v) is 5.88. The lowest BCUT2D eigenvalue weighted by Crippen LogP contribution is -2.46. The lowest BCUT2D eigenvalue weighted by Gasteiger charge is -2.24. The Balaban J connectivity index is 2.67. The minimum Gasteiger partial charge on any atom is -0.494 e. The predicted molar refractivity (Wildman–Crippen MR) is 71.4 cm³/mol. The maximum absolute atomic E-state index is 13.4. The summed E-state index contributed by atoms with van der Waals surface area (Å²) in [4.78, 5) is 22.3. The summed E-state index contributed by atoms with van der Waals surface area (Å²) in [5.74, 6) is -1.55. The third kappa shape index (κ3) is 4.75. The molecular weight excluding hydrogens is 267 g/mol. The number of carbonyl (C=O) groups excluding carboxylic acids is 1. The summed E-state index contributed by atoms with van der Waals surface area (Å²) in [5.41, 5.74) is -0.673. The molecule has 7 heteroatoms. The van der Waals surface area contributed by atoms with Crippen molar-refractivity contribution in [3.8, 4) is 5.75 Å². The fourth-order valence-electron chi connectivity index (χ4n) is 1.64. The van der Waals surface area contributed by atoms with Gasteiger partial charge in [-0.2, -0.15) is 0 Å². The molecule has 0 heterocycles. The summed E-state index contributed by atoms with van der Waals surface area (Å²) in [6.45, 7) is 3.16. The fraction of sp³-hybridized carbons (Fsp3) is 0.385. The Bertz CT molecular complexity index is 517. The first-order chi connectivity index (χ1) is 9.23. The molecule has 0 saturated carbocycles. The molecule has 0 unspecified atom stereocenters. The fourth-order valence-corrected chi connectivity index (χ4v) is 1.64. The summed E-state index contributed by atoms with van der Waals surface area (Å²) in [7, 11) is 1.34. The van der Waals surface area contributed by atoms with E-state index in [9.17, 15) is 14.0 Å². The topological polar surface area (TPSA) is 87.7 Å². The van der Waals surface area contributed by atoms with Gasteiger partial charge in [0.1, 0.15) is 0 Å². The van der Waals surface area contributed by atoms with Crippen LogP contribution in [-0.2, 0) is 4.79 Å². The molecule has 2 amide bonds. The molecule has 20 heavy (non-hydrogen) atoms. The maximum Gasteiger partial charge on any atom is 0.319 e. The second-order valence-corrected chi connectivity index (χ2v) is 4.88. The average molecular weight is 284 g/mol. The highest BCUT2D eigenvalue weighted by Crippen LogP contribution is 2.20. The standard InChI is InChI=1S/C13H17FN2O4/c1-13(2,7-11(17)18)16-12(19)15-8-4-5-10(20-3)9(14)6-8/h4-6H,7H2,1-3H3,(H,17,18)(H2,15,16,19). The molecule has 6 nitrogen and oxygen atoms in total. The van der Waals surface area contributed by atoms with Gasteiger partial charge in [-0.15, -0.1) is 0 Å². The Morgan fingerprint density at radius 2 is 2.05 bits per heavy atom. The van der Waals surface area contributed by atoms with Gasteiger partial charge in [-0.1, -0.05) is 0 Å². The summed E-state index contributed by atoms with van der Waals surface area (Å²) in [5, 5.41) is 13.6. The number of carboxylic acid groups (broad SMARTS) is 1. The van der Waals surface area contributed by atoms with E-state index in [2.05, 4.69) is 10.6 Å². The largest absolute Gasteiger partial charge is 0.494 e. The molecule has 0 fully saturated rings. The highest BCUT2D eigenvalue weighted by atomic mass is 19.1. The predicted octanol–water partition coefficient (Wildman–Crippen LogP) is 2.21. The summed E-state index contributed by atoms with van der Waals surface area (Å²) >= 11 is 0. The van der Waals surface area contributed by atoms with Crippen LogP contribution in [-0.4, -0.2) is 29.8 Å². The third-order valence-corrected chi connectivity index (χ3v) is 2.45. The molecule has 110 valence electrons. The summed E-state index contributed by atoms with van der Waals surface area (Å²) in [6, 6.07) is 3.36. The average Bonchev–Trinajstić information content (AvgIpc) is 2.25. The van der Waals surface area contributed by atoms with Gasteiger partial charge < -0.3 is 20.5 Å². The number of halogens is 1. The first kappa shape index (κ1) is 15.7. The third-order valence-electron chi connectivity index (χ3n) is 2.45. The molecule has 0 saturated heterocycles. The van der Waals surface area contributed by atoms with Gasteiger partial charge in [0.15, 0.2) is 11.6 Å². The minimum atomic E-state index is -1.02.